The Balaban J connectivity index is 1.23. The normalized spacial score (nSPS) is 26.9. The average molecular weight is 500 g/mol. The minimum atomic E-state index is -4.09. The molecule has 4 aliphatic carbocycles. The van der Waals surface area contributed by atoms with Gasteiger partial charge in [0, 0.05) is 11.1 Å². The van der Waals surface area contributed by atoms with Gasteiger partial charge < -0.3 is 10.6 Å². The number of nitrogens with one attached hydrogen (secondary N) is 3. The standard InChI is InChI=1S/C26H30FN3O4S/c1-16-6-7-20(11-23(16)35(33,34)30-22-5-3-2-4-21(22)27)29-24(31)15-28-25(32)26-12-17-8-18(13-26)10-19(9-17)14-26/h2-7,11,17-19,30H,8-10,12-15H2,1H3,(H,28,32)(H,29,31). The number of halogens is 1. The van der Waals surface area contributed by atoms with Gasteiger partial charge in [-0.3, -0.25) is 14.3 Å². The second-order valence-electron chi connectivity index (χ2n) is 10.5. The molecule has 7 nitrogen and oxygen atoms in total. The van der Waals surface area contributed by atoms with Crippen LogP contribution < -0.4 is 15.4 Å². The topological polar surface area (TPSA) is 104 Å². The fourth-order valence-electron chi connectivity index (χ4n) is 6.65. The van der Waals surface area contributed by atoms with E-state index in [9.17, 15) is 22.4 Å². The van der Waals surface area contributed by atoms with Crippen molar-refractivity contribution in [1.82, 2.24) is 5.32 Å². The van der Waals surface area contributed by atoms with Crippen molar-refractivity contribution in [3.8, 4) is 0 Å². The average Bonchev–Trinajstić information content (AvgIpc) is 2.79. The van der Waals surface area contributed by atoms with Crippen molar-refractivity contribution >= 4 is 33.2 Å². The lowest BCUT2D eigenvalue weighted by Gasteiger charge is -2.55. The third-order valence-electron chi connectivity index (χ3n) is 7.81. The van der Waals surface area contributed by atoms with E-state index in [0.717, 1.165) is 19.3 Å². The summed E-state index contributed by atoms with van der Waals surface area (Å²) >= 11 is 0. The van der Waals surface area contributed by atoms with E-state index in [1.807, 2.05) is 0 Å². The molecule has 0 spiro atoms. The van der Waals surface area contributed by atoms with E-state index in [1.165, 1.54) is 49.6 Å². The second kappa shape index (κ2) is 8.93. The number of hydrogen-bond acceptors (Lipinski definition) is 4. The first-order chi connectivity index (χ1) is 16.6. The van der Waals surface area contributed by atoms with Crippen LogP contribution in [0.25, 0.3) is 0 Å². The Morgan fingerprint density at radius 3 is 2.26 bits per heavy atom. The molecule has 0 heterocycles. The SMILES string of the molecule is Cc1ccc(NC(=O)CNC(=O)C23CC4CC(CC(C4)C2)C3)cc1S(=O)(=O)Nc1ccccc1F. The molecule has 2 aromatic carbocycles. The number of rotatable bonds is 7. The van der Waals surface area contributed by atoms with E-state index in [2.05, 4.69) is 15.4 Å². The highest BCUT2D eigenvalue weighted by Gasteiger charge is 2.54. The van der Waals surface area contributed by atoms with Gasteiger partial charge in [0.15, 0.2) is 0 Å². The molecule has 0 aromatic heterocycles. The van der Waals surface area contributed by atoms with Crippen molar-refractivity contribution in [3.05, 3.63) is 53.8 Å². The van der Waals surface area contributed by atoms with Crippen LogP contribution in [0.2, 0.25) is 0 Å². The van der Waals surface area contributed by atoms with Crippen LogP contribution in [0.4, 0.5) is 15.8 Å². The highest BCUT2D eigenvalue weighted by molar-refractivity contribution is 7.92. The van der Waals surface area contributed by atoms with Gasteiger partial charge in [-0.1, -0.05) is 18.2 Å². The first-order valence-corrected chi connectivity index (χ1v) is 13.6. The lowest BCUT2D eigenvalue weighted by atomic mass is 9.49. The van der Waals surface area contributed by atoms with Crippen molar-refractivity contribution in [2.24, 2.45) is 23.2 Å². The molecule has 2 aromatic rings. The number of anilines is 2. The van der Waals surface area contributed by atoms with Gasteiger partial charge in [-0.15, -0.1) is 0 Å². The summed E-state index contributed by atoms with van der Waals surface area (Å²) in [5, 5.41) is 5.50. The highest BCUT2D eigenvalue weighted by atomic mass is 32.2. The van der Waals surface area contributed by atoms with Crippen LogP contribution in [0.1, 0.15) is 44.1 Å². The lowest BCUT2D eigenvalue weighted by molar-refractivity contribution is -0.146. The van der Waals surface area contributed by atoms with Gasteiger partial charge in [0.25, 0.3) is 10.0 Å². The van der Waals surface area contributed by atoms with Crippen molar-refractivity contribution in [2.45, 2.75) is 50.3 Å². The number of sulfonamides is 1. The van der Waals surface area contributed by atoms with Crippen molar-refractivity contribution < 1.29 is 22.4 Å². The largest absolute Gasteiger partial charge is 0.347 e. The zero-order valence-electron chi connectivity index (χ0n) is 19.6. The Morgan fingerprint density at radius 1 is 1.00 bits per heavy atom. The number of carbonyl (C=O) groups excluding carboxylic acids is 2. The van der Waals surface area contributed by atoms with Crippen molar-refractivity contribution in [3.63, 3.8) is 0 Å². The summed E-state index contributed by atoms with van der Waals surface area (Å²) in [7, 11) is -4.09. The molecule has 6 rings (SSSR count). The minimum Gasteiger partial charge on any atom is -0.347 e. The molecule has 4 bridgehead atoms. The highest BCUT2D eigenvalue weighted by Crippen LogP contribution is 2.60. The molecule has 4 fully saturated rings. The Bertz CT molecular complexity index is 1240. The van der Waals surface area contributed by atoms with Crippen LogP contribution >= 0.6 is 0 Å². The van der Waals surface area contributed by atoms with Gasteiger partial charge in [-0.2, -0.15) is 0 Å². The third-order valence-corrected chi connectivity index (χ3v) is 9.32. The molecule has 2 amide bonds. The van der Waals surface area contributed by atoms with Crippen LogP contribution in [-0.4, -0.2) is 26.8 Å². The summed E-state index contributed by atoms with van der Waals surface area (Å²) in [5.74, 6) is 0.739. The number of hydrogen-bond donors (Lipinski definition) is 3. The molecule has 35 heavy (non-hydrogen) atoms. The van der Waals surface area contributed by atoms with E-state index in [-0.39, 0.29) is 34.1 Å². The maximum Gasteiger partial charge on any atom is 0.262 e. The van der Waals surface area contributed by atoms with E-state index < -0.39 is 21.7 Å². The van der Waals surface area contributed by atoms with Crippen LogP contribution in [-0.2, 0) is 19.6 Å². The predicted octanol–water partition coefficient (Wildman–Crippen LogP) is 4.21. The minimum absolute atomic E-state index is 0.0342. The van der Waals surface area contributed by atoms with E-state index in [1.54, 1.807) is 19.1 Å². The zero-order valence-corrected chi connectivity index (χ0v) is 20.5. The Kier molecular flexibility index (Phi) is 6.07. The number of aryl methyl sites for hydroxylation is 1. The number of carbonyl (C=O) groups is 2. The molecule has 0 aliphatic heterocycles. The summed E-state index contributed by atoms with van der Waals surface area (Å²) in [6.07, 6.45) is 6.45. The molecule has 0 saturated heterocycles. The van der Waals surface area contributed by atoms with Crippen LogP contribution in [0.3, 0.4) is 0 Å². The van der Waals surface area contributed by atoms with E-state index in [4.69, 9.17) is 0 Å². The fourth-order valence-corrected chi connectivity index (χ4v) is 7.99. The lowest BCUT2D eigenvalue weighted by Crippen LogP contribution is -2.54. The Hall–Kier alpha value is -2.94. The summed E-state index contributed by atoms with van der Waals surface area (Å²) in [6, 6.07) is 9.99. The molecular formula is C26H30FN3O4S. The second-order valence-corrected chi connectivity index (χ2v) is 12.1. The van der Waals surface area contributed by atoms with Gasteiger partial charge in [0.1, 0.15) is 5.82 Å². The fraction of sp³-hybridized carbons (Fsp3) is 0.462. The number of para-hydroxylation sites is 1. The summed E-state index contributed by atoms with van der Waals surface area (Å²) < 4.78 is 42.0. The molecule has 3 N–H and O–H groups in total. The zero-order chi connectivity index (χ0) is 24.8. The first kappa shape index (κ1) is 23.8. The number of benzene rings is 2. The quantitative estimate of drug-likeness (QED) is 0.531. The number of amides is 2. The van der Waals surface area contributed by atoms with Crippen LogP contribution in [0.5, 0.6) is 0 Å². The molecule has 4 saturated carbocycles. The third kappa shape index (κ3) is 4.78. The predicted molar refractivity (Wildman–Crippen MR) is 131 cm³/mol. The molecule has 186 valence electrons. The van der Waals surface area contributed by atoms with E-state index in [0.29, 0.717) is 23.3 Å². The summed E-state index contributed by atoms with van der Waals surface area (Å²) in [4.78, 5) is 25.6. The van der Waals surface area contributed by atoms with Gasteiger partial charge >= 0.3 is 0 Å². The molecule has 0 atom stereocenters. The molecule has 0 unspecified atom stereocenters. The van der Waals surface area contributed by atoms with Gasteiger partial charge in [-0.25, -0.2) is 12.8 Å². The first-order valence-electron chi connectivity index (χ1n) is 12.1. The van der Waals surface area contributed by atoms with Crippen molar-refractivity contribution in [1.29, 1.82) is 0 Å². The monoisotopic (exact) mass is 499 g/mol. The van der Waals surface area contributed by atoms with Crippen molar-refractivity contribution in [2.75, 3.05) is 16.6 Å². The maximum atomic E-state index is 14.0. The maximum absolute atomic E-state index is 14.0. The van der Waals surface area contributed by atoms with Gasteiger partial charge in [0.05, 0.1) is 17.1 Å². The molecule has 4 aliphatic rings. The smallest absolute Gasteiger partial charge is 0.262 e. The molecular weight excluding hydrogens is 469 g/mol. The molecule has 9 heteroatoms. The molecule has 0 radical (unpaired) electrons. The summed E-state index contributed by atoms with van der Waals surface area (Å²) in [6.45, 7) is 1.44. The summed E-state index contributed by atoms with van der Waals surface area (Å²) in [5.41, 5.74) is 0.229. The van der Waals surface area contributed by atoms with E-state index >= 15 is 0 Å². The van der Waals surface area contributed by atoms with Gasteiger partial charge in [-0.05, 0) is 93.0 Å². The Morgan fingerprint density at radius 2 is 1.63 bits per heavy atom. The van der Waals surface area contributed by atoms with Crippen LogP contribution in [0.15, 0.2) is 47.4 Å². The Labute approximate surface area is 204 Å². The van der Waals surface area contributed by atoms with Crippen LogP contribution in [0, 0.1) is 35.9 Å². The van der Waals surface area contributed by atoms with Gasteiger partial charge in [0.2, 0.25) is 11.8 Å².